The first-order valence-electron chi connectivity index (χ1n) is 10.9. The fourth-order valence-corrected chi connectivity index (χ4v) is 4.35. The van der Waals surface area contributed by atoms with Crippen molar-refractivity contribution in [2.24, 2.45) is 5.10 Å². The molecule has 1 heterocycles. The van der Waals surface area contributed by atoms with Crippen LogP contribution in [0.2, 0.25) is 0 Å². The molecule has 0 fully saturated rings. The molecular weight excluding hydrogens is 542 g/mol. The highest BCUT2D eigenvalue weighted by Crippen LogP contribution is 2.34. The van der Waals surface area contributed by atoms with Crippen molar-refractivity contribution in [1.29, 1.82) is 0 Å². The smallest absolute Gasteiger partial charge is 0.250 e. The average Bonchev–Trinajstić information content (AvgIpc) is 3.32. The van der Waals surface area contributed by atoms with Gasteiger partial charge in [-0.05, 0) is 55.0 Å². The van der Waals surface area contributed by atoms with Crippen LogP contribution in [-0.4, -0.2) is 46.9 Å². The Morgan fingerprint density at radius 3 is 2.44 bits per heavy atom. The van der Waals surface area contributed by atoms with Crippen molar-refractivity contribution >= 4 is 39.8 Å². The molecule has 0 radical (unpaired) electrons. The molecule has 4 aromatic rings. The number of hydrogen-bond donors (Lipinski definition) is 1. The first kappa shape index (κ1) is 25.5. The van der Waals surface area contributed by atoms with Crippen LogP contribution in [-0.2, 0) is 4.79 Å². The fourth-order valence-electron chi connectivity index (χ4n) is 3.34. The third kappa shape index (κ3) is 6.13. The van der Waals surface area contributed by atoms with Crippen LogP contribution >= 0.6 is 27.7 Å². The summed E-state index contributed by atoms with van der Waals surface area (Å²) < 4.78 is 13.7. The Morgan fingerprint density at radius 1 is 1.03 bits per heavy atom. The Labute approximate surface area is 221 Å². The van der Waals surface area contributed by atoms with E-state index in [4.69, 9.17) is 9.47 Å². The molecule has 3 aromatic carbocycles. The largest absolute Gasteiger partial charge is 0.493 e. The summed E-state index contributed by atoms with van der Waals surface area (Å²) in [5.41, 5.74) is 6.26. The van der Waals surface area contributed by atoms with Gasteiger partial charge in [0.25, 0.3) is 5.91 Å². The summed E-state index contributed by atoms with van der Waals surface area (Å²) in [5.74, 6) is 1.70. The van der Waals surface area contributed by atoms with Crippen molar-refractivity contribution in [1.82, 2.24) is 20.2 Å². The van der Waals surface area contributed by atoms with Crippen LogP contribution in [0, 0.1) is 6.92 Å². The maximum absolute atomic E-state index is 12.4. The van der Waals surface area contributed by atoms with Gasteiger partial charge in [0.05, 0.1) is 26.2 Å². The van der Waals surface area contributed by atoms with Crippen molar-refractivity contribution in [3.63, 3.8) is 0 Å². The number of carbonyl (C=O) groups excluding carboxylic acids is 1. The van der Waals surface area contributed by atoms with Gasteiger partial charge in [0.1, 0.15) is 0 Å². The summed E-state index contributed by atoms with van der Waals surface area (Å²) in [4.78, 5) is 12.4. The van der Waals surface area contributed by atoms with Gasteiger partial charge in [-0.25, -0.2) is 5.43 Å². The molecular formula is C26H24BrN5O3S. The van der Waals surface area contributed by atoms with Gasteiger partial charge in [0.15, 0.2) is 22.5 Å². The highest BCUT2D eigenvalue weighted by atomic mass is 79.9. The molecule has 36 heavy (non-hydrogen) atoms. The normalized spacial score (nSPS) is 11.0. The molecule has 0 saturated carbocycles. The van der Waals surface area contributed by atoms with E-state index < -0.39 is 0 Å². The number of nitrogens with one attached hydrogen (secondary N) is 1. The van der Waals surface area contributed by atoms with Crippen LogP contribution in [0.15, 0.2) is 81.5 Å². The standard InChI is InChI=1S/C26H24BrN5O3S/c1-17-4-11-21(12-5-17)32-25(19-8-13-22(34-2)23(14-19)35-3)30-31-26(32)36-16-24(33)29-28-15-18-6-9-20(27)10-7-18/h4-15H,16H2,1-3H3,(H,29,33)/b28-15+. The van der Waals surface area contributed by atoms with Crippen molar-refractivity contribution in [2.45, 2.75) is 12.1 Å². The highest BCUT2D eigenvalue weighted by Gasteiger charge is 2.19. The topological polar surface area (TPSA) is 90.6 Å². The third-order valence-electron chi connectivity index (χ3n) is 5.17. The molecule has 0 aliphatic carbocycles. The van der Waals surface area contributed by atoms with Gasteiger partial charge in [-0.3, -0.25) is 9.36 Å². The Morgan fingerprint density at radius 2 is 1.75 bits per heavy atom. The highest BCUT2D eigenvalue weighted by molar-refractivity contribution is 9.10. The first-order chi connectivity index (χ1) is 17.5. The first-order valence-corrected chi connectivity index (χ1v) is 12.7. The minimum absolute atomic E-state index is 0.119. The van der Waals surface area contributed by atoms with Gasteiger partial charge in [-0.2, -0.15) is 5.10 Å². The molecule has 8 nitrogen and oxygen atoms in total. The SMILES string of the molecule is COc1ccc(-c2nnc(SCC(=O)N/N=C/c3ccc(Br)cc3)n2-c2ccc(C)cc2)cc1OC. The minimum atomic E-state index is -0.250. The van der Waals surface area contributed by atoms with Crippen LogP contribution in [0.25, 0.3) is 17.1 Å². The van der Waals surface area contributed by atoms with E-state index in [2.05, 4.69) is 36.7 Å². The number of aryl methyl sites for hydroxylation is 1. The lowest BCUT2D eigenvalue weighted by molar-refractivity contribution is -0.118. The number of amides is 1. The molecule has 0 bridgehead atoms. The molecule has 1 N–H and O–H groups in total. The second-order valence-electron chi connectivity index (χ2n) is 7.68. The quantitative estimate of drug-likeness (QED) is 0.169. The van der Waals surface area contributed by atoms with E-state index in [0.717, 1.165) is 26.9 Å². The summed E-state index contributed by atoms with van der Waals surface area (Å²) >= 11 is 4.67. The summed E-state index contributed by atoms with van der Waals surface area (Å²) in [6.07, 6.45) is 1.60. The van der Waals surface area contributed by atoms with E-state index in [1.54, 1.807) is 20.4 Å². The Bertz CT molecular complexity index is 1370. The van der Waals surface area contributed by atoms with Crippen LogP contribution in [0.4, 0.5) is 0 Å². The second kappa shape index (κ2) is 11.9. The van der Waals surface area contributed by atoms with E-state index in [1.807, 2.05) is 78.2 Å². The number of methoxy groups -OCH3 is 2. The molecule has 0 saturated heterocycles. The number of benzene rings is 3. The Kier molecular flexibility index (Phi) is 8.40. The summed E-state index contributed by atoms with van der Waals surface area (Å²) in [6.45, 7) is 2.03. The van der Waals surface area contributed by atoms with Crippen molar-refractivity contribution in [3.05, 3.63) is 82.3 Å². The average molecular weight is 566 g/mol. The van der Waals surface area contributed by atoms with Crippen molar-refractivity contribution in [2.75, 3.05) is 20.0 Å². The summed E-state index contributed by atoms with van der Waals surface area (Å²) in [7, 11) is 3.18. The molecule has 10 heteroatoms. The van der Waals surface area contributed by atoms with E-state index in [-0.39, 0.29) is 11.7 Å². The van der Waals surface area contributed by atoms with Crippen LogP contribution in [0.5, 0.6) is 11.5 Å². The lowest BCUT2D eigenvalue weighted by atomic mass is 10.1. The number of nitrogens with zero attached hydrogens (tertiary/aromatic N) is 4. The van der Waals surface area contributed by atoms with Crippen LogP contribution < -0.4 is 14.9 Å². The lowest BCUT2D eigenvalue weighted by Crippen LogP contribution is -2.20. The van der Waals surface area contributed by atoms with E-state index in [1.165, 1.54) is 11.8 Å². The van der Waals surface area contributed by atoms with Gasteiger partial charge in [-0.1, -0.05) is 57.5 Å². The van der Waals surface area contributed by atoms with Gasteiger partial charge in [-0.15, -0.1) is 10.2 Å². The zero-order valence-electron chi connectivity index (χ0n) is 19.9. The monoisotopic (exact) mass is 565 g/mol. The molecule has 1 amide bonds. The number of ether oxygens (including phenoxy) is 2. The predicted molar refractivity (Wildman–Crippen MR) is 145 cm³/mol. The fraction of sp³-hybridized carbons (Fsp3) is 0.154. The zero-order valence-corrected chi connectivity index (χ0v) is 22.3. The molecule has 0 aliphatic heterocycles. The summed E-state index contributed by atoms with van der Waals surface area (Å²) in [6, 6.07) is 21.2. The lowest BCUT2D eigenvalue weighted by Gasteiger charge is -2.12. The summed E-state index contributed by atoms with van der Waals surface area (Å²) in [5, 5.41) is 13.4. The van der Waals surface area contributed by atoms with Gasteiger partial charge in [0, 0.05) is 15.7 Å². The maximum Gasteiger partial charge on any atom is 0.250 e. The molecule has 1 aromatic heterocycles. The molecule has 0 unspecified atom stereocenters. The molecule has 0 spiro atoms. The number of rotatable bonds is 9. The number of hydrogen-bond acceptors (Lipinski definition) is 7. The molecule has 0 atom stereocenters. The van der Waals surface area contributed by atoms with Crippen molar-refractivity contribution in [3.8, 4) is 28.6 Å². The molecule has 184 valence electrons. The minimum Gasteiger partial charge on any atom is -0.493 e. The predicted octanol–water partition coefficient (Wildman–Crippen LogP) is 5.26. The van der Waals surface area contributed by atoms with Gasteiger partial charge >= 0.3 is 0 Å². The van der Waals surface area contributed by atoms with Gasteiger partial charge in [0.2, 0.25) is 0 Å². The number of hydrazone groups is 1. The third-order valence-corrected chi connectivity index (χ3v) is 6.63. The van der Waals surface area contributed by atoms with Crippen molar-refractivity contribution < 1.29 is 14.3 Å². The second-order valence-corrected chi connectivity index (χ2v) is 9.54. The maximum atomic E-state index is 12.4. The number of thioether (sulfide) groups is 1. The molecule has 4 rings (SSSR count). The zero-order chi connectivity index (χ0) is 25.5. The van der Waals surface area contributed by atoms with E-state index in [9.17, 15) is 4.79 Å². The Hall–Kier alpha value is -3.63. The molecule has 0 aliphatic rings. The van der Waals surface area contributed by atoms with E-state index in [0.29, 0.717) is 22.5 Å². The number of carbonyl (C=O) groups is 1. The Balaban J connectivity index is 1.56. The van der Waals surface area contributed by atoms with Crippen LogP contribution in [0.1, 0.15) is 11.1 Å². The number of halogens is 1. The van der Waals surface area contributed by atoms with Crippen LogP contribution in [0.3, 0.4) is 0 Å². The van der Waals surface area contributed by atoms with E-state index >= 15 is 0 Å². The number of aromatic nitrogens is 3. The van der Waals surface area contributed by atoms with Gasteiger partial charge < -0.3 is 9.47 Å².